The molecule has 20 heavy (non-hydrogen) atoms. The van der Waals surface area contributed by atoms with Crippen LogP contribution < -0.4 is 16.6 Å². The van der Waals surface area contributed by atoms with E-state index in [-0.39, 0.29) is 5.91 Å². The molecule has 0 saturated carbocycles. The van der Waals surface area contributed by atoms with Crippen LogP contribution in [-0.2, 0) is 0 Å². The van der Waals surface area contributed by atoms with Crippen LogP contribution in [0.15, 0.2) is 18.2 Å². The van der Waals surface area contributed by atoms with E-state index in [1.807, 2.05) is 25.1 Å². The largest absolute Gasteiger partial charge is 0.352 e. The number of carbonyl (C=O) groups is 1. The quantitative estimate of drug-likeness (QED) is 0.573. The molecular weight excluding hydrogens is 252 g/mol. The van der Waals surface area contributed by atoms with E-state index in [1.54, 1.807) is 0 Å². The second kappa shape index (κ2) is 6.72. The lowest BCUT2D eigenvalue weighted by molar-refractivity contribution is 0.0939. The first-order valence-corrected chi connectivity index (χ1v) is 7.14. The van der Waals surface area contributed by atoms with Gasteiger partial charge in [0.15, 0.2) is 0 Å². The third kappa shape index (κ3) is 3.71. The zero-order valence-electron chi connectivity index (χ0n) is 12.3. The van der Waals surface area contributed by atoms with Crippen molar-refractivity contribution in [3.05, 3.63) is 29.3 Å². The molecule has 2 rings (SSSR count). The van der Waals surface area contributed by atoms with E-state index in [2.05, 4.69) is 22.7 Å². The van der Waals surface area contributed by atoms with Crippen LogP contribution in [0.1, 0.15) is 28.8 Å². The topological polar surface area (TPSA) is 70.4 Å². The number of aryl methyl sites for hydroxylation is 1. The summed E-state index contributed by atoms with van der Waals surface area (Å²) in [5.74, 6) is 5.98. The number of nitrogens with zero attached hydrogens (tertiary/aromatic N) is 1. The van der Waals surface area contributed by atoms with Crippen LogP contribution in [0.2, 0.25) is 0 Å². The van der Waals surface area contributed by atoms with Gasteiger partial charge in [-0.2, -0.15) is 0 Å². The molecule has 1 saturated heterocycles. The summed E-state index contributed by atoms with van der Waals surface area (Å²) in [5.41, 5.74) is 4.90. The molecule has 0 aromatic heterocycles. The number of anilines is 1. The number of rotatable bonds is 4. The Morgan fingerprint density at radius 1 is 1.40 bits per heavy atom. The maximum Gasteiger partial charge on any atom is 0.253 e. The summed E-state index contributed by atoms with van der Waals surface area (Å²) in [6.45, 7) is 4.93. The number of nitrogens with two attached hydrogens (primary N) is 1. The maximum atomic E-state index is 12.3. The fraction of sp³-hybridized carbons (Fsp3) is 0.533. The van der Waals surface area contributed by atoms with Gasteiger partial charge in [0.2, 0.25) is 0 Å². The van der Waals surface area contributed by atoms with E-state index in [0.29, 0.717) is 17.2 Å². The fourth-order valence-electron chi connectivity index (χ4n) is 2.57. The fourth-order valence-corrected chi connectivity index (χ4v) is 2.57. The van der Waals surface area contributed by atoms with Gasteiger partial charge in [0.1, 0.15) is 0 Å². The van der Waals surface area contributed by atoms with E-state index in [0.717, 1.165) is 38.0 Å². The Morgan fingerprint density at radius 2 is 2.10 bits per heavy atom. The van der Waals surface area contributed by atoms with Crippen molar-refractivity contribution in [3.63, 3.8) is 0 Å². The van der Waals surface area contributed by atoms with Crippen molar-refractivity contribution in [3.8, 4) is 0 Å². The van der Waals surface area contributed by atoms with E-state index in [1.165, 1.54) is 0 Å². The number of hydrogen-bond donors (Lipinski definition) is 3. The Morgan fingerprint density at radius 3 is 2.75 bits per heavy atom. The highest BCUT2D eigenvalue weighted by Gasteiger charge is 2.18. The zero-order chi connectivity index (χ0) is 14.5. The Balaban J connectivity index is 1.93. The van der Waals surface area contributed by atoms with Crippen LogP contribution in [0.5, 0.6) is 0 Å². The van der Waals surface area contributed by atoms with Gasteiger partial charge >= 0.3 is 0 Å². The lowest BCUT2D eigenvalue weighted by Gasteiger charge is -2.29. The summed E-state index contributed by atoms with van der Waals surface area (Å²) in [7, 11) is 2.14. The third-order valence-corrected chi connectivity index (χ3v) is 3.96. The smallest absolute Gasteiger partial charge is 0.253 e. The predicted molar refractivity (Wildman–Crippen MR) is 81.5 cm³/mol. The van der Waals surface area contributed by atoms with Crippen molar-refractivity contribution in [1.29, 1.82) is 0 Å². The number of benzene rings is 1. The molecule has 1 aliphatic heterocycles. The molecule has 0 bridgehead atoms. The first-order valence-electron chi connectivity index (χ1n) is 7.14. The number of hydrazine groups is 1. The summed E-state index contributed by atoms with van der Waals surface area (Å²) >= 11 is 0. The van der Waals surface area contributed by atoms with Crippen molar-refractivity contribution >= 4 is 11.6 Å². The molecule has 1 aromatic carbocycles. The first-order chi connectivity index (χ1) is 9.60. The summed E-state index contributed by atoms with van der Waals surface area (Å²) in [6.07, 6.45) is 2.29. The molecule has 1 aromatic rings. The Kier molecular flexibility index (Phi) is 4.98. The number of likely N-dealkylation sites (tertiary alicyclic amines) is 1. The summed E-state index contributed by atoms with van der Waals surface area (Å²) < 4.78 is 0. The number of amides is 1. The van der Waals surface area contributed by atoms with Crippen LogP contribution >= 0.6 is 0 Å². The van der Waals surface area contributed by atoms with Gasteiger partial charge in [-0.25, -0.2) is 0 Å². The molecule has 5 nitrogen and oxygen atoms in total. The average Bonchev–Trinajstić information content (AvgIpc) is 2.46. The SMILES string of the molecule is Cc1ccc(NN)c(C(=O)NCC2CCN(C)CC2)c1. The molecule has 5 heteroatoms. The monoisotopic (exact) mass is 276 g/mol. The van der Waals surface area contributed by atoms with Crippen molar-refractivity contribution < 1.29 is 4.79 Å². The molecule has 0 radical (unpaired) electrons. The third-order valence-electron chi connectivity index (χ3n) is 3.96. The van der Waals surface area contributed by atoms with Gasteiger partial charge in [-0.05, 0) is 58.0 Å². The number of nitrogen functional groups attached to an aromatic ring is 1. The van der Waals surface area contributed by atoms with Crippen LogP contribution in [-0.4, -0.2) is 37.5 Å². The number of piperidine rings is 1. The van der Waals surface area contributed by atoms with Crippen molar-refractivity contribution in [2.24, 2.45) is 11.8 Å². The molecule has 4 N–H and O–H groups in total. The number of hydrogen-bond acceptors (Lipinski definition) is 4. The molecule has 0 aliphatic carbocycles. The molecular formula is C15H24N4O. The highest BCUT2D eigenvalue weighted by Crippen LogP contribution is 2.18. The number of nitrogens with one attached hydrogen (secondary N) is 2. The Labute approximate surface area is 120 Å². The molecule has 110 valence electrons. The van der Waals surface area contributed by atoms with Crippen LogP contribution in [0.25, 0.3) is 0 Å². The molecule has 0 atom stereocenters. The normalized spacial score (nSPS) is 16.9. The molecule has 1 amide bonds. The Bertz CT molecular complexity index is 467. The van der Waals surface area contributed by atoms with Gasteiger partial charge < -0.3 is 15.6 Å². The molecule has 1 fully saturated rings. The van der Waals surface area contributed by atoms with Crippen molar-refractivity contribution in [2.45, 2.75) is 19.8 Å². The minimum atomic E-state index is -0.0550. The second-order valence-electron chi connectivity index (χ2n) is 5.65. The van der Waals surface area contributed by atoms with E-state index >= 15 is 0 Å². The molecule has 0 spiro atoms. The lowest BCUT2D eigenvalue weighted by atomic mass is 9.97. The highest BCUT2D eigenvalue weighted by atomic mass is 16.1. The van der Waals surface area contributed by atoms with E-state index in [4.69, 9.17) is 5.84 Å². The molecule has 1 aliphatic rings. The summed E-state index contributed by atoms with van der Waals surface area (Å²) in [6, 6.07) is 5.63. The first kappa shape index (κ1) is 14.8. The van der Waals surface area contributed by atoms with E-state index < -0.39 is 0 Å². The minimum absolute atomic E-state index is 0.0550. The lowest BCUT2D eigenvalue weighted by Crippen LogP contribution is -2.37. The van der Waals surface area contributed by atoms with Crippen molar-refractivity contribution in [1.82, 2.24) is 10.2 Å². The second-order valence-corrected chi connectivity index (χ2v) is 5.65. The van der Waals surface area contributed by atoms with Gasteiger partial charge in [0, 0.05) is 6.54 Å². The number of carbonyl (C=O) groups excluding carboxylic acids is 1. The summed E-state index contributed by atoms with van der Waals surface area (Å²) in [4.78, 5) is 14.6. The minimum Gasteiger partial charge on any atom is -0.352 e. The van der Waals surface area contributed by atoms with Gasteiger partial charge in [0.05, 0.1) is 11.3 Å². The van der Waals surface area contributed by atoms with Crippen LogP contribution in [0.4, 0.5) is 5.69 Å². The zero-order valence-corrected chi connectivity index (χ0v) is 12.3. The average molecular weight is 276 g/mol. The predicted octanol–water partition coefficient (Wildman–Crippen LogP) is 1.35. The molecule has 0 unspecified atom stereocenters. The van der Waals surface area contributed by atoms with Gasteiger partial charge in [0.25, 0.3) is 5.91 Å². The standard InChI is InChI=1S/C15H24N4O/c1-11-3-4-14(18-16)13(9-11)15(20)17-10-12-5-7-19(2)8-6-12/h3-4,9,12,18H,5-8,10,16H2,1-2H3,(H,17,20). The van der Waals surface area contributed by atoms with Crippen molar-refractivity contribution in [2.75, 3.05) is 32.1 Å². The Hall–Kier alpha value is -1.59. The van der Waals surface area contributed by atoms with Gasteiger partial charge in [-0.15, -0.1) is 0 Å². The van der Waals surface area contributed by atoms with E-state index in [9.17, 15) is 4.79 Å². The van der Waals surface area contributed by atoms with Crippen LogP contribution in [0.3, 0.4) is 0 Å². The van der Waals surface area contributed by atoms with Gasteiger partial charge in [-0.3, -0.25) is 10.6 Å². The highest BCUT2D eigenvalue weighted by molar-refractivity contribution is 5.99. The maximum absolute atomic E-state index is 12.3. The summed E-state index contributed by atoms with van der Waals surface area (Å²) in [5, 5.41) is 3.03. The van der Waals surface area contributed by atoms with Gasteiger partial charge in [-0.1, -0.05) is 11.6 Å². The van der Waals surface area contributed by atoms with Crippen LogP contribution in [0, 0.1) is 12.8 Å². The molecule has 1 heterocycles.